The summed E-state index contributed by atoms with van der Waals surface area (Å²) in [6, 6.07) is 6.76. The summed E-state index contributed by atoms with van der Waals surface area (Å²) in [6.45, 7) is 5.86. The van der Waals surface area contributed by atoms with Crippen LogP contribution in [0.3, 0.4) is 0 Å². The summed E-state index contributed by atoms with van der Waals surface area (Å²) < 4.78 is 14.5. The fourth-order valence-electron chi connectivity index (χ4n) is 4.69. The minimum Gasteiger partial charge on any atom is -0.347 e. The van der Waals surface area contributed by atoms with Gasteiger partial charge in [-0.2, -0.15) is 0 Å². The van der Waals surface area contributed by atoms with Crippen molar-refractivity contribution in [3.05, 3.63) is 53.6 Å². The van der Waals surface area contributed by atoms with Crippen LogP contribution in [0.2, 0.25) is 0 Å². The quantitative estimate of drug-likeness (QED) is 0.819. The van der Waals surface area contributed by atoms with E-state index in [1.165, 1.54) is 32.3 Å². The molecule has 0 spiro atoms. The van der Waals surface area contributed by atoms with Crippen molar-refractivity contribution in [1.29, 1.82) is 0 Å². The fraction of sp³-hybridized carbons (Fsp3) is 0.522. The number of benzene rings is 1. The first-order valence-corrected chi connectivity index (χ1v) is 10.9. The minimum atomic E-state index is -0.650. The minimum absolute atomic E-state index is 0.131. The van der Waals surface area contributed by atoms with E-state index < -0.39 is 5.54 Å². The molecule has 2 aromatic rings. The smallest absolute Gasteiger partial charge is 0.225 e. The molecule has 2 aliphatic heterocycles. The summed E-state index contributed by atoms with van der Waals surface area (Å²) >= 11 is 0. The Kier molecular flexibility index (Phi) is 6.27. The zero-order chi connectivity index (χ0) is 21.0. The van der Waals surface area contributed by atoms with Gasteiger partial charge in [0, 0.05) is 63.2 Å². The maximum absolute atomic E-state index is 14.5. The zero-order valence-electron chi connectivity index (χ0n) is 17.6. The van der Waals surface area contributed by atoms with Crippen LogP contribution in [0.5, 0.6) is 0 Å². The van der Waals surface area contributed by atoms with Crippen LogP contribution < -0.4 is 10.2 Å². The van der Waals surface area contributed by atoms with Crippen molar-refractivity contribution >= 4 is 11.9 Å². The summed E-state index contributed by atoms with van der Waals surface area (Å²) in [7, 11) is 0. The molecule has 4 rings (SSSR count). The van der Waals surface area contributed by atoms with Crippen LogP contribution >= 0.6 is 0 Å². The van der Waals surface area contributed by atoms with Crippen LogP contribution in [0.25, 0.3) is 0 Å². The van der Waals surface area contributed by atoms with Crippen molar-refractivity contribution in [3.63, 3.8) is 0 Å². The Labute approximate surface area is 177 Å². The van der Waals surface area contributed by atoms with Crippen LogP contribution in [0, 0.1) is 5.82 Å². The molecule has 2 fully saturated rings. The van der Waals surface area contributed by atoms with E-state index in [1.807, 2.05) is 18.5 Å². The number of hydrogen-bond donors (Lipinski definition) is 1. The van der Waals surface area contributed by atoms with Crippen LogP contribution in [-0.2, 0) is 16.9 Å². The number of amides is 1. The molecule has 0 saturated carbocycles. The van der Waals surface area contributed by atoms with E-state index in [0.717, 1.165) is 44.2 Å². The molecule has 0 radical (unpaired) electrons. The molecule has 7 heteroatoms. The van der Waals surface area contributed by atoms with Gasteiger partial charge in [-0.1, -0.05) is 18.2 Å². The van der Waals surface area contributed by atoms with Gasteiger partial charge in [-0.3, -0.25) is 9.69 Å². The molecule has 0 atom stereocenters. The van der Waals surface area contributed by atoms with Gasteiger partial charge < -0.3 is 10.2 Å². The average molecular weight is 412 g/mol. The maximum atomic E-state index is 14.5. The first-order valence-electron chi connectivity index (χ1n) is 10.9. The van der Waals surface area contributed by atoms with Gasteiger partial charge in [-0.05, 0) is 38.2 Å². The van der Waals surface area contributed by atoms with Crippen LogP contribution in [0.1, 0.15) is 50.2 Å². The Hall–Kier alpha value is -2.54. The standard InChI is InChI=1S/C23H30FN5O/c1-18(30)27-23(20-7-3-4-8-21(20)24)9-13-28(14-10-23)17-19-15-25-22(26-16-19)29-11-5-2-6-12-29/h3-4,7-8,15-16H,2,5-6,9-14,17H2,1H3,(H,27,30). The summed E-state index contributed by atoms with van der Waals surface area (Å²) in [5.41, 5.74) is 1.00. The largest absolute Gasteiger partial charge is 0.347 e. The number of anilines is 1. The van der Waals surface area contributed by atoms with Gasteiger partial charge in [-0.25, -0.2) is 14.4 Å². The molecular weight excluding hydrogens is 381 g/mol. The van der Waals surface area contributed by atoms with Crippen LogP contribution in [-0.4, -0.2) is 47.0 Å². The van der Waals surface area contributed by atoms with Gasteiger partial charge in [0.15, 0.2) is 0 Å². The Bertz CT molecular complexity index is 858. The number of carbonyl (C=O) groups is 1. The topological polar surface area (TPSA) is 61.4 Å². The fourth-order valence-corrected chi connectivity index (χ4v) is 4.69. The lowest BCUT2D eigenvalue weighted by molar-refractivity contribution is -0.121. The van der Waals surface area contributed by atoms with E-state index in [4.69, 9.17) is 0 Å². The highest BCUT2D eigenvalue weighted by molar-refractivity contribution is 5.74. The molecule has 30 heavy (non-hydrogen) atoms. The third-order valence-corrected chi connectivity index (χ3v) is 6.25. The second-order valence-electron chi connectivity index (χ2n) is 8.46. The molecule has 1 aromatic heterocycles. The van der Waals surface area contributed by atoms with Crippen molar-refractivity contribution < 1.29 is 9.18 Å². The number of nitrogens with zero attached hydrogens (tertiary/aromatic N) is 4. The third kappa shape index (κ3) is 4.61. The summed E-state index contributed by atoms with van der Waals surface area (Å²) in [5.74, 6) is 0.427. The molecule has 3 heterocycles. The van der Waals surface area contributed by atoms with Gasteiger partial charge in [-0.15, -0.1) is 0 Å². The van der Waals surface area contributed by atoms with Gasteiger partial charge in [0.2, 0.25) is 11.9 Å². The summed E-state index contributed by atoms with van der Waals surface area (Å²) in [4.78, 5) is 25.6. The molecule has 0 bridgehead atoms. The number of nitrogens with one attached hydrogen (secondary N) is 1. The van der Waals surface area contributed by atoms with Crippen molar-refractivity contribution in [2.24, 2.45) is 0 Å². The summed E-state index contributed by atoms with van der Waals surface area (Å²) in [5, 5.41) is 3.04. The Morgan fingerprint density at radius 3 is 2.37 bits per heavy atom. The predicted molar refractivity (Wildman–Crippen MR) is 115 cm³/mol. The number of rotatable bonds is 5. The molecule has 2 aliphatic rings. The molecule has 0 unspecified atom stereocenters. The zero-order valence-corrected chi connectivity index (χ0v) is 17.6. The second kappa shape index (κ2) is 9.08. The lowest BCUT2D eigenvalue weighted by Gasteiger charge is -2.42. The number of aromatic nitrogens is 2. The van der Waals surface area contributed by atoms with Crippen molar-refractivity contribution in [3.8, 4) is 0 Å². The van der Waals surface area contributed by atoms with E-state index in [-0.39, 0.29) is 11.7 Å². The van der Waals surface area contributed by atoms with E-state index in [1.54, 1.807) is 12.1 Å². The van der Waals surface area contributed by atoms with E-state index in [0.29, 0.717) is 18.4 Å². The Balaban J connectivity index is 1.40. The molecule has 2 saturated heterocycles. The highest BCUT2D eigenvalue weighted by Gasteiger charge is 2.38. The van der Waals surface area contributed by atoms with Gasteiger partial charge in [0.05, 0.1) is 5.54 Å². The molecule has 1 aromatic carbocycles. The number of hydrogen-bond acceptors (Lipinski definition) is 5. The first-order chi connectivity index (χ1) is 14.6. The molecule has 6 nitrogen and oxygen atoms in total. The SMILES string of the molecule is CC(=O)NC1(c2ccccc2F)CCN(Cc2cnc(N3CCCCC3)nc2)CC1. The van der Waals surface area contributed by atoms with Crippen molar-refractivity contribution in [2.45, 2.75) is 51.1 Å². The molecule has 1 N–H and O–H groups in total. The van der Waals surface area contributed by atoms with E-state index >= 15 is 0 Å². The van der Waals surface area contributed by atoms with E-state index in [2.05, 4.69) is 25.1 Å². The average Bonchev–Trinajstić information content (AvgIpc) is 2.76. The number of carbonyl (C=O) groups excluding carboxylic acids is 1. The second-order valence-corrected chi connectivity index (χ2v) is 8.46. The van der Waals surface area contributed by atoms with Crippen molar-refractivity contribution in [2.75, 3.05) is 31.1 Å². The van der Waals surface area contributed by atoms with Gasteiger partial charge in [0.1, 0.15) is 5.82 Å². The molecular formula is C23H30FN5O. The van der Waals surface area contributed by atoms with Gasteiger partial charge in [0.25, 0.3) is 0 Å². The number of piperidine rings is 2. The highest BCUT2D eigenvalue weighted by Crippen LogP contribution is 2.35. The Morgan fingerprint density at radius 1 is 1.07 bits per heavy atom. The highest BCUT2D eigenvalue weighted by atomic mass is 19.1. The molecule has 1 amide bonds. The maximum Gasteiger partial charge on any atom is 0.225 e. The van der Waals surface area contributed by atoms with Crippen LogP contribution in [0.4, 0.5) is 10.3 Å². The first kappa shape index (κ1) is 20.7. The number of likely N-dealkylation sites (tertiary alicyclic amines) is 1. The summed E-state index contributed by atoms with van der Waals surface area (Å²) in [6.07, 6.45) is 8.87. The molecule has 0 aliphatic carbocycles. The lowest BCUT2D eigenvalue weighted by Crippen LogP contribution is -2.52. The monoisotopic (exact) mass is 411 g/mol. The van der Waals surface area contributed by atoms with Crippen LogP contribution in [0.15, 0.2) is 36.7 Å². The van der Waals surface area contributed by atoms with Crippen molar-refractivity contribution in [1.82, 2.24) is 20.2 Å². The Morgan fingerprint density at radius 2 is 1.73 bits per heavy atom. The molecule has 160 valence electrons. The normalized spacial score (nSPS) is 19.5. The number of halogens is 1. The predicted octanol–water partition coefficient (Wildman–Crippen LogP) is 3.23. The van der Waals surface area contributed by atoms with Gasteiger partial charge >= 0.3 is 0 Å². The third-order valence-electron chi connectivity index (χ3n) is 6.25. The van der Waals surface area contributed by atoms with E-state index in [9.17, 15) is 9.18 Å². The lowest BCUT2D eigenvalue weighted by atomic mass is 9.80.